The molecular weight excluding hydrogens is 529 g/mol. The molecule has 0 aromatic heterocycles. The molecule has 0 fully saturated rings. The van der Waals surface area contributed by atoms with E-state index in [1.54, 1.807) is 12.1 Å². The quantitative estimate of drug-likeness (QED) is 0.189. The molecule has 0 bridgehead atoms. The van der Waals surface area contributed by atoms with Gasteiger partial charge < -0.3 is 38.0 Å². The van der Waals surface area contributed by atoms with Crippen molar-refractivity contribution in [3.05, 3.63) is 24.3 Å². The van der Waals surface area contributed by atoms with Crippen LogP contribution in [0.1, 0.15) is 0 Å². The summed E-state index contributed by atoms with van der Waals surface area (Å²) in [7, 11) is -0.741. The Labute approximate surface area is 205 Å². The summed E-state index contributed by atoms with van der Waals surface area (Å²) in [5.41, 5.74) is 6.48. The number of urea groups is 1. The number of hydrogen-bond donors (Lipinski definition) is 2. The van der Waals surface area contributed by atoms with E-state index in [-0.39, 0.29) is 39.6 Å². The molecule has 1 heterocycles. The van der Waals surface area contributed by atoms with Crippen molar-refractivity contribution in [2.75, 3.05) is 61.0 Å². The minimum absolute atomic E-state index is 0.0675. The molecule has 34 heavy (non-hydrogen) atoms. The van der Waals surface area contributed by atoms with Crippen molar-refractivity contribution in [2.24, 2.45) is 19.3 Å². The smallest absolute Gasteiger partial charge is 0.364 e. The third-order valence-corrected chi connectivity index (χ3v) is 13.4. The Balaban J connectivity index is 2.68. The topological polar surface area (TPSA) is 157 Å². The fraction of sp³-hybridized carbons (Fsp3) is 0.562. The van der Waals surface area contributed by atoms with Gasteiger partial charge in [0, 0.05) is 21.3 Å². The lowest BCUT2D eigenvalue weighted by atomic mass is 9.97. The van der Waals surface area contributed by atoms with Gasteiger partial charge in [0.05, 0.1) is 39.6 Å². The highest BCUT2D eigenvalue weighted by Gasteiger charge is 2.42. The number of benzene rings is 1. The Kier molecular flexibility index (Phi) is 12.1. The Morgan fingerprint density at radius 2 is 1.44 bits per heavy atom. The Morgan fingerprint density at radius 1 is 0.912 bits per heavy atom. The summed E-state index contributed by atoms with van der Waals surface area (Å²) in [6.45, 7) is -2.63. The number of hydrogen-bond acceptors (Lipinski definition) is 11. The van der Waals surface area contributed by atoms with Gasteiger partial charge in [-0.1, -0.05) is 17.6 Å². The number of amides is 2. The summed E-state index contributed by atoms with van der Waals surface area (Å²) in [4.78, 5) is 12.0. The molecule has 0 saturated heterocycles. The van der Waals surface area contributed by atoms with Crippen molar-refractivity contribution in [3.63, 3.8) is 0 Å². The average molecular weight is 560 g/mol. The minimum Gasteiger partial charge on any atom is -0.427 e. The highest BCUT2D eigenvalue weighted by atomic mass is 35.7. The van der Waals surface area contributed by atoms with E-state index in [4.69, 9.17) is 49.3 Å². The summed E-state index contributed by atoms with van der Waals surface area (Å²) in [5, 5.41) is 2.51. The molecule has 192 valence electrons. The molecule has 0 aliphatic carbocycles. The minimum atomic E-state index is -3.67. The molecule has 2 rings (SSSR count). The van der Waals surface area contributed by atoms with Gasteiger partial charge in [-0.15, -0.1) is 9.03 Å². The van der Waals surface area contributed by atoms with Crippen molar-refractivity contribution in [3.8, 4) is 5.75 Å². The monoisotopic (exact) mass is 559 g/mol. The third kappa shape index (κ3) is 9.28. The number of nitrogens with zero attached hydrogens (tertiary/aromatic N) is 3. The fourth-order valence-corrected chi connectivity index (χ4v) is 12.8. The van der Waals surface area contributed by atoms with Crippen molar-refractivity contribution in [1.82, 2.24) is 5.09 Å². The number of methoxy groups -OCH3 is 3. The van der Waals surface area contributed by atoms with Crippen LogP contribution < -0.4 is 20.8 Å². The van der Waals surface area contributed by atoms with E-state index in [2.05, 4.69) is 18.6 Å². The molecule has 2 atom stereocenters. The lowest BCUT2D eigenvalue weighted by Crippen LogP contribution is -2.28. The Hall–Kier alpha value is -0.905. The molecular formula is C16H30BClN5O8P3. The lowest BCUT2D eigenvalue weighted by molar-refractivity contribution is 0.118. The maximum absolute atomic E-state index is 12.0. The van der Waals surface area contributed by atoms with Gasteiger partial charge in [0.25, 0.3) is 0 Å². The van der Waals surface area contributed by atoms with E-state index in [0.29, 0.717) is 5.75 Å². The van der Waals surface area contributed by atoms with Gasteiger partial charge in [0.2, 0.25) is 0 Å². The largest absolute Gasteiger partial charge is 0.427 e. The lowest BCUT2D eigenvalue weighted by Gasteiger charge is -2.31. The summed E-state index contributed by atoms with van der Waals surface area (Å²) in [5.74, 6) is 0.370. The second-order valence-corrected chi connectivity index (χ2v) is 14.3. The number of primary amides is 1. The highest BCUT2D eigenvalue weighted by molar-refractivity contribution is 7.94. The standard InChI is InChI=1S/C16H30BClN5O8P3/c1-25-8-11-28-32(18)21-33(20-16(19)24,31-15-6-4-14(17)5-7-15)23-34(22-32,29-12-9-26-2)30-13-10-27-3/h4-7H,8-13,17H2,1-3H3,(H3,19,20,24). The molecule has 3 N–H and O–H groups in total. The fourth-order valence-electron chi connectivity index (χ4n) is 2.40. The van der Waals surface area contributed by atoms with Gasteiger partial charge in [0.15, 0.2) is 0 Å². The first-order chi connectivity index (χ1) is 16.2. The zero-order chi connectivity index (χ0) is 25.1. The molecule has 1 aliphatic rings. The number of nitrogens with one attached hydrogen (secondary N) is 1. The first kappa shape index (κ1) is 29.3. The summed E-state index contributed by atoms with van der Waals surface area (Å²) in [6.07, 6.45) is 0. The molecule has 0 spiro atoms. The SMILES string of the molecule is Bc1ccc(OP2(NC(N)=O)=NP(Cl)(OCCOC)=NP(OCCOC)(OCCOC)=N2)cc1. The first-order valence-electron chi connectivity index (χ1n) is 10.0. The van der Waals surface area contributed by atoms with E-state index in [1.165, 1.54) is 21.3 Å². The number of nitrogens with two attached hydrogens (primary N) is 1. The van der Waals surface area contributed by atoms with Crippen molar-refractivity contribution in [2.45, 2.75) is 0 Å². The number of carbonyl (C=O) groups excluding carboxylic acids is 1. The Morgan fingerprint density at radius 3 is 1.94 bits per heavy atom. The van der Waals surface area contributed by atoms with Crippen molar-refractivity contribution < 1.29 is 37.1 Å². The first-order valence-corrected chi connectivity index (χ1v) is 15.7. The summed E-state index contributed by atoms with van der Waals surface area (Å²) < 4.78 is 52.6. The van der Waals surface area contributed by atoms with Gasteiger partial charge in [-0.05, 0) is 23.4 Å². The zero-order valence-corrected chi connectivity index (χ0v) is 22.9. The van der Waals surface area contributed by atoms with E-state index in [0.717, 1.165) is 5.46 Å². The van der Waals surface area contributed by atoms with E-state index in [9.17, 15) is 4.79 Å². The average Bonchev–Trinajstić information content (AvgIpc) is 2.75. The molecule has 2 amide bonds. The predicted molar refractivity (Wildman–Crippen MR) is 135 cm³/mol. The van der Waals surface area contributed by atoms with Crippen LogP contribution in [0, 0.1) is 0 Å². The maximum Gasteiger partial charge on any atom is 0.364 e. The van der Waals surface area contributed by atoms with Crippen LogP contribution in [0.25, 0.3) is 0 Å². The van der Waals surface area contributed by atoms with Crippen LogP contribution >= 0.6 is 33.3 Å². The van der Waals surface area contributed by atoms with Gasteiger partial charge in [0.1, 0.15) is 13.6 Å². The Bertz CT molecular complexity index is 970. The number of carbonyl (C=O) groups is 1. The van der Waals surface area contributed by atoms with Gasteiger partial charge in [-0.3, -0.25) is 5.09 Å². The van der Waals surface area contributed by atoms with Gasteiger partial charge in [-0.25, -0.2) is 4.79 Å². The van der Waals surface area contributed by atoms with Crippen LogP contribution in [-0.2, 0) is 27.8 Å². The molecule has 18 heteroatoms. The number of ether oxygens (including phenoxy) is 3. The van der Waals surface area contributed by atoms with Crippen molar-refractivity contribution >= 4 is 52.6 Å². The summed E-state index contributed by atoms with van der Waals surface area (Å²) >= 11 is 6.78. The number of rotatable bonds is 15. The second kappa shape index (κ2) is 14.0. The van der Waals surface area contributed by atoms with Crippen molar-refractivity contribution in [1.29, 1.82) is 0 Å². The van der Waals surface area contributed by atoms with Gasteiger partial charge >= 0.3 is 28.1 Å². The van der Waals surface area contributed by atoms with Crippen LogP contribution in [-0.4, -0.2) is 74.8 Å². The number of halogens is 1. The maximum atomic E-state index is 12.0. The van der Waals surface area contributed by atoms with Crippen LogP contribution in [0.5, 0.6) is 5.75 Å². The summed E-state index contributed by atoms with van der Waals surface area (Å²) in [6, 6.07) is 6.13. The molecule has 1 aromatic rings. The van der Waals surface area contributed by atoms with Crippen LogP contribution in [0.3, 0.4) is 0 Å². The second-order valence-electron chi connectivity index (χ2n) is 6.63. The zero-order valence-electron chi connectivity index (χ0n) is 19.5. The molecule has 0 saturated carbocycles. The van der Waals surface area contributed by atoms with E-state index >= 15 is 0 Å². The normalized spacial score (nSPS) is 23.3. The van der Waals surface area contributed by atoms with Crippen LogP contribution in [0.4, 0.5) is 4.79 Å². The predicted octanol–water partition coefficient (Wildman–Crippen LogP) is 3.07. The third-order valence-electron chi connectivity index (χ3n) is 3.84. The molecule has 13 nitrogen and oxygen atoms in total. The van der Waals surface area contributed by atoms with Crippen LogP contribution in [0.15, 0.2) is 37.8 Å². The molecule has 0 radical (unpaired) electrons. The molecule has 2 unspecified atom stereocenters. The van der Waals surface area contributed by atoms with E-state index in [1.807, 2.05) is 20.0 Å². The molecule has 1 aromatic carbocycles. The molecule has 1 aliphatic heterocycles. The highest BCUT2D eigenvalue weighted by Crippen LogP contribution is 2.80. The van der Waals surface area contributed by atoms with Gasteiger partial charge in [-0.2, -0.15) is 4.52 Å². The van der Waals surface area contributed by atoms with E-state index < -0.39 is 28.1 Å². The van der Waals surface area contributed by atoms with Crippen LogP contribution in [0.2, 0.25) is 0 Å².